The van der Waals surface area contributed by atoms with Gasteiger partial charge in [0.15, 0.2) is 0 Å². The predicted octanol–water partition coefficient (Wildman–Crippen LogP) is 6.19. The highest BCUT2D eigenvalue weighted by molar-refractivity contribution is 5.97. The molecule has 1 aromatic carbocycles. The summed E-state index contributed by atoms with van der Waals surface area (Å²) in [6.45, 7) is 3.16. The van der Waals surface area contributed by atoms with Crippen molar-refractivity contribution in [3.05, 3.63) is 29.8 Å². The van der Waals surface area contributed by atoms with Gasteiger partial charge in [-0.05, 0) is 24.0 Å². The topological polar surface area (TPSA) is 29.1 Å². The number of hydrogen-bond donors (Lipinski definition) is 1. The fourth-order valence-electron chi connectivity index (χ4n) is 2.56. The molecule has 0 saturated carbocycles. The average molecular weight is 409 g/mol. The van der Waals surface area contributed by atoms with Gasteiger partial charge in [0.2, 0.25) is 11.3 Å². The molecule has 1 rings (SSSR count). The van der Waals surface area contributed by atoms with Crippen molar-refractivity contribution in [2.45, 2.75) is 45.7 Å². The lowest BCUT2D eigenvalue weighted by molar-refractivity contribution is -0.330. The van der Waals surface area contributed by atoms with Gasteiger partial charge in [-0.1, -0.05) is 32.9 Å². The fraction of sp³-hybridized carbons (Fsp3) is 0.562. The molecule has 0 aliphatic carbocycles. The minimum absolute atomic E-state index is 0.433. The summed E-state index contributed by atoms with van der Waals surface area (Å²) in [4.78, 5) is 12.2. The zero-order valence-electron chi connectivity index (χ0n) is 14.3. The molecule has 0 atom stereocenters. The highest BCUT2D eigenvalue weighted by Crippen LogP contribution is 2.56. The first-order valence-electron chi connectivity index (χ1n) is 7.44. The number of hydrogen-bond acceptors (Lipinski definition) is 1. The van der Waals surface area contributed by atoms with E-state index >= 15 is 0 Å². The number of halogens is 9. The molecule has 0 spiro atoms. The number of amides is 1. The molecule has 1 N–H and O–H groups in total. The summed E-state index contributed by atoms with van der Waals surface area (Å²) in [7, 11) is 0. The first-order chi connectivity index (χ1) is 11.8. The molecule has 1 amide bonds. The number of anilines is 1. The Morgan fingerprint density at radius 3 is 1.67 bits per heavy atom. The molecule has 0 aliphatic rings. The lowest BCUT2D eigenvalue weighted by atomic mass is 9.71. The summed E-state index contributed by atoms with van der Waals surface area (Å²) < 4.78 is 120. The zero-order chi connectivity index (χ0) is 21.5. The number of para-hydroxylation sites is 1. The molecule has 0 aliphatic heterocycles. The summed E-state index contributed by atoms with van der Waals surface area (Å²) in [5.41, 5.74) is -9.25. The maximum absolute atomic E-state index is 13.5. The van der Waals surface area contributed by atoms with Gasteiger partial charge >= 0.3 is 18.5 Å². The smallest absolute Gasteiger partial charge is 0.324 e. The summed E-state index contributed by atoms with van der Waals surface area (Å²) >= 11 is 0. The van der Waals surface area contributed by atoms with Crippen molar-refractivity contribution in [2.24, 2.45) is 10.8 Å². The van der Waals surface area contributed by atoms with Crippen LogP contribution in [-0.2, 0) is 11.0 Å². The van der Waals surface area contributed by atoms with E-state index in [1.54, 1.807) is 0 Å². The predicted molar refractivity (Wildman–Crippen MR) is 78.7 cm³/mol. The Bertz CT molecular complexity index is 667. The summed E-state index contributed by atoms with van der Waals surface area (Å²) in [5, 5.41) is 1.19. The number of benzene rings is 1. The Hall–Kier alpha value is -1.94. The number of nitrogens with one attached hydrogen (secondary N) is 1. The Morgan fingerprint density at radius 2 is 1.30 bits per heavy atom. The van der Waals surface area contributed by atoms with Crippen LogP contribution in [0.4, 0.5) is 45.2 Å². The van der Waals surface area contributed by atoms with Gasteiger partial charge in [0.05, 0.1) is 11.3 Å². The quantitative estimate of drug-likeness (QED) is 0.593. The third-order valence-electron chi connectivity index (χ3n) is 3.63. The summed E-state index contributed by atoms with van der Waals surface area (Å²) in [6, 6.07) is 2.84. The molecule has 11 heteroatoms. The second-order valence-corrected chi connectivity index (χ2v) is 7.14. The molecule has 0 radical (unpaired) electrons. The first-order valence-corrected chi connectivity index (χ1v) is 7.44. The summed E-state index contributed by atoms with van der Waals surface area (Å²) in [5.74, 6) is -2.62. The minimum atomic E-state index is -6.09. The molecular weight excluding hydrogens is 393 g/mol. The molecule has 154 valence electrons. The van der Waals surface area contributed by atoms with Crippen LogP contribution in [0.5, 0.6) is 0 Å². The normalized spacial score (nSPS) is 14.2. The molecule has 2 nitrogen and oxygen atoms in total. The molecule has 0 saturated heterocycles. The molecule has 0 bridgehead atoms. The Morgan fingerprint density at radius 1 is 0.852 bits per heavy atom. The van der Waals surface area contributed by atoms with Crippen molar-refractivity contribution in [3.8, 4) is 0 Å². The van der Waals surface area contributed by atoms with Gasteiger partial charge in [0.25, 0.3) is 0 Å². The highest BCUT2D eigenvalue weighted by Gasteiger charge is 2.75. The van der Waals surface area contributed by atoms with Crippen molar-refractivity contribution in [3.63, 3.8) is 0 Å². The van der Waals surface area contributed by atoms with Gasteiger partial charge in [-0.3, -0.25) is 4.79 Å². The first kappa shape index (κ1) is 23.1. The monoisotopic (exact) mass is 409 g/mol. The molecular formula is C16H16F9NO. The van der Waals surface area contributed by atoms with Gasteiger partial charge in [0, 0.05) is 0 Å². The van der Waals surface area contributed by atoms with Crippen LogP contribution in [0.15, 0.2) is 24.3 Å². The maximum Gasteiger partial charge on any atom is 0.418 e. The second-order valence-electron chi connectivity index (χ2n) is 7.14. The fourth-order valence-corrected chi connectivity index (χ4v) is 2.56. The standard InChI is InChI=1S/C16H16F9NO/c1-12(2,3)8-13(15(20,21)22,16(23,24)25)11(27)26-10-7-5-4-6-9(10)14(17,18)19/h4-7H,8H2,1-3H3,(H,26,27). The maximum atomic E-state index is 13.5. The Balaban J connectivity index is 3.56. The van der Waals surface area contributed by atoms with Gasteiger partial charge in [-0.25, -0.2) is 0 Å². The molecule has 27 heavy (non-hydrogen) atoms. The lowest BCUT2D eigenvalue weighted by Gasteiger charge is -2.40. The van der Waals surface area contributed by atoms with Crippen molar-refractivity contribution in [1.29, 1.82) is 0 Å². The third-order valence-corrected chi connectivity index (χ3v) is 3.63. The molecule has 1 aromatic rings. The van der Waals surface area contributed by atoms with E-state index in [0.717, 1.165) is 32.9 Å². The van der Waals surface area contributed by atoms with Crippen molar-refractivity contribution < 1.29 is 44.3 Å². The van der Waals surface area contributed by atoms with Gasteiger partial charge < -0.3 is 5.32 Å². The summed E-state index contributed by atoms with van der Waals surface area (Å²) in [6.07, 6.45) is -19.0. The Kier molecular flexibility index (Phi) is 5.90. The molecule has 0 fully saturated rings. The highest BCUT2D eigenvalue weighted by atomic mass is 19.4. The average Bonchev–Trinajstić information content (AvgIpc) is 2.40. The van der Waals surface area contributed by atoms with Crippen molar-refractivity contribution in [1.82, 2.24) is 0 Å². The van der Waals surface area contributed by atoms with Crippen LogP contribution in [0.1, 0.15) is 32.8 Å². The van der Waals surface area contributed by atoms with Crippen LogP contribution < -0.4 is 5.32 Å². The zero-order valence-corrected chi connectivity index (χ0v) is 14.3. The van der Waals surface area contributed by atoms with Crippen LogP contribution >= 0.6 is 0 Å². The largest absolute Gasteiger partial charge is 0.418 e. The van der Waals surface area contributed by atoms with E-state index in [2.05, 4.69) is 0 Å². The third kappa shape index (κ3) is 4.86. The number of carbonyl (C=O) groups is 1. The van der Waals surface area contributed by atoms with Crippen molar-refractivity contribution >= 4 is 11.6 Å². The van der Waals surface area contributed by atoms with Gasteiger partial charge in [0.1, 0.15) is 0 Å². The van der Waals surface area contributed by atoms with E-state index in [1.807, 2.05) is 0 Å². The van der Waals surface area contributed by atoms with Crippen LogP contribution in [-0.4, -0.2) is 18.3 Å². The van der Waals surface area contributed by atoms with Crippen LogP contribution in [0.2, 0.25) is 0 Å². The minimum Gasteiger partial charge on any atom is -0.324 e. The van der Waals surface area contributed by atoms with Crippen molar-refractivity contribution in [2.75, 3.05) is 5.32 Å². The van der Waals surface area contributed by atoms with Gasteiger partial charge in [-0.2, -0.15) is 39.5 Å². The lowest BCUT2D eigenvalue weighted by Crippen LogP contribution is -2.59. The van der Waals surface area contributed by atoms with E-state index in [9.17, 15) is 44.3 Å². The van der Waals surface area contributed by atoms with E-state index < -0.39 is 52.9 Å². The molecule has 0 heterocycles. The van der Waals surface area contributed by atoms with E-state index in [-0.39, 0.29) is 0 Å². The second kappa shape index (κ2) is 6.90. The van der Waals surface area contributed by atoms with Crippen LogP contribution in [0.3, 0.4) is 0 Å². The molecule has 0 unspecified atom stereocenters. The van der Waals surface area contributed by atoms with E-state index in [1.165, 1.54) is 5.32 Å². The van der Waals surface area contributed by atoms with E-state index in [4.69, 9.17) is 0 Å². The number of rotatable bonds is 3. The number of alkyl halides is 9. The van der Waals surface area contributed by atoms with Crippen LogP contribution in [0.25, 0.3) is 0 Å². The SMILES string of the molecule is CC(C)(C)CC(C(=O)Nc1ccccc1C(F)(F)F)(C(F)(F)F)C(F)(F)F. The number of carbonyl (C=O) groups excluding carboxylic acids is 1. The van der Waals surface area contributed by atoms with Gasteiger partial charge in [-0.15, -0.1) is 0 Å². The molecule has 0 aromatic heterocycles. The van der Waals surface area contributed by atoms with E-state index in [0.29, 0.717) is 12.1 Å². The van der Waals surface area contributed by atoms with Crippen LogP contribution in [0, 0.1) is 10.8 Å². The Labute approximate surface area is 148 Å².